The summed E-state index contributed by atoms with van der Waals surface area (Å²) in [4.78, 5) is 22.8. The van der Waals surface area contributed by atoms with Crippen LogP contribution in [-0.4, -0.2) is 43.8 Å². The number of hydrogen-bond donors (Lipinski definition) is 1. The fraction of sp³-hybridized carbons (Fsp3) is 0.818. The van der Waals surface area contributed by atoms with Gasteiger partial charge in [-0.15, -0.1) is 0 Å². The molecule has 0 aromatic carbocycles. The second-order valence-electron chi connectivity index (χ2n) is 3.99. The summed E-state index contributed by atoms with van der Waals surface area (Å²) < 4.78 is 9.56. The number of carbonyl (C=O) groups is 2. The van der Waals surface area contributed by atoms with E-state index in [1.807, 2.05) is 20.1 Å². The quantitative estimate of drug-likeness (QED) is 0.708. The van der Waals surface area contributed by atoms with Crippen LogP contribution in [0.15, 0.2) is 0 Å². The third-order valence-electron chi connectivity index (χ3n) is 1.94. The van der Waals surface area contributed by atoms with Crippen molar-refractivity contribution in [1.29, 1.82) is 0 Å². The lowest BCUT2D eigenvalue weighted by Crippen LogP contribution is -2.42. The van der Waals surface area contributed by atoms with Crippen LogP contribution in [0.25, 0.3) is 0 Å². The van der Waals surface area contributed by atoms with Gasteiger partial charge in [0, 0.05) is 0 Å². The van der Waals surface area contributed by atoms with Crippen molar-refractivity contribution in [3.05, 3.63) is 0 Å². The van der Waals surface area contributed by atoms with Crippen LogP contribution < -0.4 is 5.32 Å². The molecule has 1 N–H and O–H groups in total. The third-order valence-corrected chi connectivity index (χ3v) is 2.58. The van der Waals surface area contributed by atoms with Crippen LogP contribution in [0.1, 0.15) is 20.3 Å². The van der Waals surface area contributed by atoms with Gasteiger partial charge in [0.2, 0.25) is 0 Å². The first kappa shape index (κ1) is 16.1. The minimum Gasteiger partial charge on any atom is -0.467 e. The zero-order valence-corrected chi connectivity index (χ0v) is 11.6. The Morgan fingerprint density at radius 3 is 2.47 bits per heavy atom. The Labute approximate surface area is 107 Å². The van der Waals surface area contributed by atoms with E-state index in [9.17, 15) is 9.59 Å². The van der Waals surface area contributed by atoms with Gasteiger partial charge in [0.05, 0.1) is 13.7 Å². The molecule has 17 heavy (non-hydrogen) atoms. The molecule has 5 nitrogen and oxygen atoms in total. The average molecular weight is 263 g/mol. The minimum absolute atomic E-state index is 0.267. The Morgan fingerprint density at radius 2 is 2.00 bits per heavy atom. The van der Waals surface area contributed by atoms with Crippen molar-refractivity contribution in [2.75, 3.05) is 25.7 Å². The van der Waals surface area contributed by atoms with Crippen molar-refractivity contribution in [2.45, 2.75) is 26.3 Å². The van der Waals surface area contributed by atoms with E-state index in [-0.39, 0.29) is 5.92 Å². The molecule has 0 radical (unpaired) electrons. The number of nitrogens with one attached hydrogen (secondary N) is 1. The average Bonchev–Trinajstić information content (AvgIpc) is 2.30. The molecule has 0 aliphatic rings. The van der Waals surface area contributed by atoms with Crippen LogP contribution in [0.5, 0.6) is 0 Å². The van der Waals surface area contributed by atoms with E-state index < -0.39 is 18.1 Å². The molecule has 0 heterocycles. The van der Waals surface area contributed by atoms with Crippen LogP contribution in [-0.2, 0) is 14.3 Å². The van der Waals surface area contributed by atoms with Gasteiger partial charge in [-0.3, -0.25) is 0 Å². The third kappa shape index (κ3) is 7.90. The Hall–Kier alpha value is -0.910. The van der Waals surface area contributed by atoms with E-state index in [1.165, 1.54) is 7.11 Å². The molecule has 0 rings (SSSR count). The molecule has 0 saturated heterocycles. The molecule has 1 amide bonds. The van der Waals surface area contributed by atoms with Crippen LogP contribution in [0.4, 0.5) is 4.79 Å². The van der Waals surface area contributed by atoms with Gasteiger partial charge in [0.25, 0.3) is 0 Å². The Balaban J connectivity index is 4.12. The predicted molar refractivity (Wildman–Crippen MR) is 68.1 cm³/mol. The van der Waals surface area contributed by atoms with Crippen molar-refractivity contribution < 1.29 is 19.1 Å². The molecule has 0 aromatic heterocycles. The highest BCUT2D eigenvalue weighted by Crippen LogP contribution is 2.03. The fourth-order valence-electron chi connectivity index (χ4n) is 1.05. The number of esters is 1. The van der Waals surface area contributed by atoms with E-state index in [0.717, 1.165) is 5.75 Å². The Bertz CT molecular complexity index is 246. The van der Waals surface area contributed by atoms with Crippen LogP contribution in [0.3, 0.4) is 0 Å². The van der Waals surface area contributed by atoms with Gasteiger partial charge in [-0.25, -0.2) is 9.59 Å². The number of amides is 1. The van der Waals surface area contributed by atoms with E-state index in [4.69, 9.17) is 4.74 Å². The summed E-state index contributed by atoms with van der Waals surface area (Å²) in [6.07, 6.45) is 1.89. The molecular weight excluding hydrogens is 242 g/mol. The molecule has 0 bridgehead atoms. The van der Waals surface area contributed by atoms with Gasteiger partial charge < -0.3 is 14.8 Å². The Kier molecular flexibility index (Phi) is 8.66. The van der Waals surface area contributed by atoms with Crippen molar-refractivity contribution in [3.63, 3.8) is 0 Å². The Morgan fingerprint density at radius 1 is 1.35 bits per heavy atom. The molecule has 0 aliphatic carbocycles. The van der Waals surface area contributed by atoms with Crippen LogP contribution in [0, 0.1) is 5.92 Å². The number of rotatable bonds is 7. The van der Waals surface area contributed by atoms with Crippen molar-refractivity contribution in [2.24, 2.45) is 5.92 Å². The molecule has 0 fully saturated rings. The van der Waals surface area contributed by atoms with E-state index in [0.29, 0.717) is 13.0 Å². The summed E-state index contributed by atoms with van der Waals surface area (Å²) in [7, 11) is 1.30. The predicted octanol–water partition coefficient (Wildman–Crippen LogP) is 1.66. The SMILES string of the molecule is COC(=O)[C@@H](CCSC)NC(=O)OCC(C)C. The molecule has 0 spiro atoms. The number of carbonyl (C=O) groups excluding carboxylic acids is 2. The second-order valence-corrected chi connectivity index (χ2v) is 4.98. The first-order valence-corrected chi connectivity index (χ1v) is 6.90. The van der Waals surface area contributed by atoms with Gasteiger partial charge in [0.15, 0.2) is 0 Å². The number of methoxy groups -OCH3 is 1. The van der Waals surface area contributed by atoms with E-state index >= 15 is 0 Å². The van der Waals surface area contributed by atoms with Crippen LogP contribution >= 0.6 is 11.8 Å². The highest BCUT2D eigenvalue weighted by atomic mass is 32.2. The maximum absolute atomic E-state index is 11.4. The van der Waals surface area contributed by atoms with Crippen molar-refractivity contribution >= 4 is 23.8 Å². The van der Waals surface area contributed by atoms with E-state index in [1.54, 1.807) is 11.8 Å². The van der Waals surface area contributed by atoms with Gasteiger partial charge in [0.1, 0.15) is 6.04 Å². The molecule has 6 heteroatoms. The van der Waals surface area contributed by atoms with Gasteiger partial charge in [-0.05, 0) is 24.3 Å². The maximum atomic E-state index is 11.4. The van der Waals surface area contributed by atoms with Gasteiger partial charge in [-0.1, -0.05) is 13.8 Å². The van der Waals surface area contributed by atoms with Crippen molar-refractivity contribution in [3.8, 4) is 0 Å². The van der Waals surface area contributed by atoms with Crippen LogP contribution in [0.2, 0.25) is 0 Å². The number of alkyl carbamates (subject to hydrolysis) is 1. The van der Waals surface area contributed by atoms with E-state index in [2.05, 4.69) is 10.1 Å². The highest BCUT2D eigenvalue weighted by Gasteiger charge is 2.21. The normalized spacial score (nSPS) is 12.1. The highest BCUT2D eigenvalue weighted by molar-refractivity contribution is 7.98. The standard InChI is InChI=1S/C11H21NO4S/c1-8(2)7-16-11(14)12-9(5-6-17-4)10(13)15-3/h8-9H,5-7H2,1-4H3,(H,12,14)/t9-/m1/s1. The lowest BCUT2D eigenvalue weighted by Gasteiger charge is -2.16. The monoisotopic (exact) mass is 263 g/mol. The zero-order chi connectivity index (χ0) is 13.3. The van der Waals surface area contributed by atoms with Crippen molar-refractivity contribution in [1.82, 2.24) is 5.32 Å². The first-order valence-electron chi connectivity index (χ1n) is 5.51. The summed E-state index contributed by atoms with van der Waals surface area (Å²) in [5.41, 5.74) is 0. The molecule has 0 unspecified atom stereocenters. The largest absolute Gasteiger partial charge is 0.467 e. The molecule has 0 aliphatic heterocycles. The fourth-order valence-corrected chi connectivity index (χ4v) is 1.52. The summed E-state index contributed by atoms with van der Waals surface area (Å²) in [5.74, 6) is 0.591. The molecular formula is C11H21NO4S. The lowest BCUT2D eigenvalue weighted by atomic mass is 10.2. The smallest absolute Gasteiger partial charge is 0.407 e. The second kappa shape index (κ2) is 9.15. The number of ether oxygens (including phenoxy) is 2. The summed E-state index contributed by atoms with van der Waals surface area (Å²) in [5, 5.41) is 2.51. The molecule has 0 aromatic rings. The van der Waals surface area contributed by atoms with Gasteiger partial charge in [-0.2, -0.15) is 11.8 Å². The number of hydrogen-bond acceptors (Lipinski definition) is 5. The molecule has 100 valence electrons. The zero-order valence-electron chi connectivity index (χ0n) is 10.8. The first-order chi connectivity index (χ1) is 8.01. The summed E-state index contributed by atoms with van der Waals surface area (Å²) >= 11 is 1.60. The maximum Gasteiger partial charge on any atom is 0.407 e. The lowest BCUT2D eigenvalue weighted by molar-refractivity contribution is -0.143. The molecule has 0 saturated carbocycles. The summed E-state index contributed by atoms with van der Waals surface area (Å²) in [6.45, 7) is 4.22. The molecule has 1 atom stereocenters. The topological polar surface area (TPSA) is 64.6 Å². The minimum atomic E-state index is -0.632. The number of thioether (sulfide) groups is 1. The van der Waals surface area contributed by atoms with Gasteiger partial charge >= 0.3 is 12.1 Å². The summed E-state index contributed by atoms with van der Waals surface area (Å²) in [6, 6.07) is -0.632.